The maximum atomic E-state index is 10.6. The molecule has 3 rings (SSSR count). The van der Waals surface area contributed by atoms with E-state index in [9.17, 15) is 4.79 Å². The van der Waals surface area contributed by atoms with Crippen molar-refractivity contribution in [2.24, 2.45) is 0 Å². The van der Waals surface area contributed by atoms with Crippen molar-refractivity contribution in [3.63, 3.8) is 0 Å². The Kier molecular flexibility index (Phi) is 2.21. The van der Waals surface area contributed by atoms with E-state index in [0.29, 0.717) is 0 Å². The SMILES string of the molecule is O=C(O)Cc1ccc2cc(C3CC3)sc2c1. The highest BCUT2D eigenvalue weighted by Gasteiger charge is 2.25. The number of hydrogen-bond donors (Lipinski definition) is 1. The largest absolute Gasteiger partial charge is 0.481 e. The number of rotatable bonds is 3. The molecule has 1 aromatic heterocycles. The van der Waals surface area contributed by atoms with Gasteiger partial charge in [0.15, 0.2) is 0 Å². The summed E-state index contributed by atoms with van der Waals surface area (Å²) in [5, 5.41) is 10.00. The smallest absolute Gasteiger partial charge is 0.307 e. The summed E-state index contributed by atoms with van der Waals surface area (Å²) in [4.78, 5) is 12.1. The van der Waals surface area contributed by atoms with Crippen LogP contribution in [0.3, 0.4) is 0 Å². The molecule has 3 heteroatoms. The molecule has 0 unspecified atom stereocenters. The third-order valence-corrected chi connectivity index (χ3v) is 4.20. The molecule has 2 aromatic rings. The minimum Gasteiger partial charge on any atom is -0.481 e. The second-order valence-electron chi connectivity index (χ2n) is 4.37. The molecule has 1 fully saturated rings. The van der Waals surface area contributed by atoms with E-state index in [1.165, 1.54) is 27.8 Å². The van der Waals surface area contributed by atoms with E-state index >= 15 is 0 Å². The van der Waals surface area contributed by atoms with Gasteiger partial charge in [-0.3, -0.25) is 4.79 Å². The second-order valence-corrected chi connectivity index (χ2v) is 5.48. The Hall–Kier alpha value is -1.35. The molecule has 0 bridgehead atoms. The van der Waals surface area contributed by atoms with E-state index in [1.54, 1.807) is 0 Å². The van der Waals surface area contributed by atoms with Crippen LogP contribution in [0.5, 0.6) is 0 Å². The molecule has 0 atom stereocenters. The number of benzene rings is 1. The first-order valence-electron chi connectivity index (χ1n) is 5.46. The van der Waals surface area contributed by atoms with E-state index in [1.807, 2.05) is 29.5 Å². The van der Waals surface area contributed by atoms with Gasteiger partial charge in [0.05, 0.1) is 6.42 Å². The van der Waals surface area contributed by atoms with Gasteiger partial charge in [0, 0.05) is 9.58 Å². The van der Waals surface area contributed by atoms with Crippen LogP contribution in [0, 0.1) is 0 Å². The molecule has 82 valence electrons. The molecule has 1 aliphatic rings. The van der Waals surface area contributed by atoms with Crippen LogP contribution in [0.15, 0.2) is 24.3 Å². The Balaban J connectivity index is 1.99. The van der Waals surface area contributed by atoms with Gasteiger partial charge in [-0.25, -0.2) is 0 Å². The van der Waals surface area contributed by atoms with Crippen molar-refractivity contribution < 1.29 is 9.90 Å². The van der Waals surface area contributed by atoms with Gasteiger partial charge in [-0.05, 0) is 41.8 Å². The van der Waals surface area contributed by atoms with Crippen molar-refractivity contribution in [1.29, 1.82) is 0 Å². The number of hydrogen-bond acceptors (Lipinski definition) is 2. The molecule has 1 saturated carbocycles. The van der Waals surface area contributed by atoms with Crippen LogP contribution in [-0.4, -0.2) is 11.1 Å². The van der Waals surface area contributed by atoms with Gasteiger partial charge < -0.3 is 5.11 Å². The van der Waals surface area contributed by atoms with Crippen LogP contribution in [0.1, 0.15) is 29.2 Å². The van der Waals surface area contributed by atoms with Crippen molar-refractivity contribution in [3.8, 4) is 0 Å². The van der Waals surface area contributed by atoms with Gasteiger partial charge in [0.1, 0.15) is 0 Å². The summed E-state index contributed by atoms with van der Waals surface area (Å²) in [5.41, 5.74) is 0.893. The Bertz CT molecular complexity index is 552. The Labute approximate surface area is 97.5 Å². The van der Waals surface area contributed by atoms with E-state index in [0.717, 1.165) is 11.5 Å². The van der Waals surface area contributed by atoms with Crippen LogP contribution in [0.25, 0.3) is 10.1 Å². The zero-order valence-electron chi connectivity index (χ0n) is 8.77. The van der Waals surface area contributed by atoms with Crippen molar-refractivity contribution in [1.82, 2.24) is 0 Å². The summed E-state index contributed by atoms with van der Waals surface area (Å²) in [5.74, 6) is 0.0126. The molecule has 2 nitrogen and oxygen atoms in total. The highest BCUT2D eigenvalue weighted by molar-refractivity contribution is 7.19. The minimum absolute atomic E-state index is 0.118. The molecule has 0 aliphatic heterocycles. The summed E-state index contributed by atoms with van der Waals surface area (Å²) >= 11 is 1.82. The molecule has 1 heterocycles. The zero-order valence-corrected chi connectivity index (χ0v) is 9.59. The first-order valence-corrected chi connectivity index (χ1v) is 6.28. The van der Waals surface area contributed by atoms with Crippen molar-refractivity contribution >= 4 is 27.4 Å². The lowest BCUT2D eigenvalue weighted by Gasteiger charge is -1.96. The summed E-state index contributed by atoms with van der Waals surface area (Å²) < 4.78 is 1.22. The third-order valence-electron chi connectivity index (χ3n) is 2.94. The number of thiophene rings is 1. The van der Waals surface area contributed by atoms with Crippen LogP contribution in [-0.2, 0) is 11.2 Å². The van der Waals surface area contributed by atoms with Crippen molar-refractivity contribution in [3.05, 3.63) is 34.7 Å². The standard InChI is InChI=1S/C13H12O2S/c14-13(15)6-8-1-2-10-7-12(9-3-4-9)16-11(10)5-8/h1-2,5,7,9H,3-4,6H2,(H,14,15). The number of fused-ring (bicyclic) bond motifs is 1. The van der Waals surface area contributed by atoms with Crippen LogP contribution >= 0.6 is 11.3 Å². The lowest BCUT2D eigenvalue weighted by Crippen LogP contribution is -1.99. The lowest BCUT2D eigenvalue weighted by atomic mass is 10.1. The van der Waals surface area contributed by atoms with Gasteiger partial charge in [0.25, 0.3) is 0 Å². The maximum absolute atomic E-state index is 10.6. The average Bonchev–Trinajstić information content (AvgIpc) is 2.98. The third kappa shape index (κ3) is 1.83. The molecule has 0 saturated heterocycles. The van der Waals surface area contributed by atoms with Gasteiger partial charge in [0.2, 0.25) is 0 Å². The second kappa shape index (κ2) is 3.59. The fraction of sp³-hybridized carbons (Fsp3) is 0.308. The van der Waals surface area contributed by atoms with Crippen molar-refractivity contribution in [2.45, 2.75) is 25.2 Å². The van der Waals surface area contributed by atoms with Crippen LogP contribution < -0.4 is 0 Å². The molecule has 0 amide bonds. The minimum atomic E-state index is -0.765. The Morgan fingerprint density at radius 3 is 2.88 bits per heavy atom. The Morgan fingerprint density at radius 2 is 2.19 bits per heavy atom. The number of aliphatic carboxylic acids is 1. The first kappa shape index (κ1) is 9.85. The molecular formula is C13H12O2S. The summed E-state index contributed by atoms with van der Waals surface area (Å²) in [6.07, 6.45) is 2.75. The van der Waals surface area contributed by atoms with E-state index in [-0.39, 0.29) is 6.42 Å². The topological polar surface area (TPSA) is 37.3 Å². The molecule has 0 spiro atoms. The highest BCUT2D eigenvalue weighted by atomic mass is 32.1. The van der Waals surface area contributed by atoms with Gasteiger partial charge in [-0.2, -0.15) is 0 Å². The van der Waals surface area contributed by atoms with E-state index in [2.05, 4.69) is 6.07 Å². The molecule has 1 aromatic carbocycles. The molecule has 0 radical (unpaired) electrons. The molecule has 16 heavy (non-hydrogen) atoms. The van der Waals surface area contributed by atoms with E-state index < -0.39 is 5.97 Å². The lowest BCUT2D eigenvalue weighted by molar-refractivity contribution is -0.136. The summed E-state index contributed by atoms with van der Waals surface area (Å²) in [6.45, 7) is 0. The monoisotopic (exact) mass is 232 g/mol. The first-order chi connectivity index (χ1) is 7.72. The Morgan fingerprint density at radius 1 is 1.38 bits per heavy atom. The number of carboxylic acid groups (broad SMARTS) is 1. The van der Waals surface area contributed by atoms with Crippen molar-refractivity contribution in [2.75, 3.05) is 0 Å². The normalized spacial score (nSPS) is 15.5. The van der Waals surface area contributed by atoms with Crippen LogP contribution in [0.4, 0.5) is 0 Å². The number of carbonyl (C=O) groups is 1. The molecule has 1 N–H and O–H groups in total. The summed E-state index contributed by atoms with van der Waals surface area (Å²) in [6, 6.07) is 8.22. The zero-order chi connectivity index (χ0) is 11.1. The predicted molar refractivity (Wildman–Crippen MR) is 65.1 cm³/mol. The van der Waals surface area contributed by atoms with Gasteiger partial charge >= 0.3 is 5.97 Å². The molecule has 1 aliphatic carbocycles. The van der Waals surface area contributed by atoms with Gasteiger partial charge in [-0.1, -0.05) is 12.1 Å². The number of carboxylic acids is 1. The van der Waals surface area contributed by atoms with Crippen LogP contribution in [0.2, 0.25) is 0 Å². The quantitative estimate of drug-likeness (QED) is 0.880. The van der Waals surface area contributed by atoms with Gasteiger partial charge in [-0.15, -0.1) is 11.3 Å². The molecular weight excluding hydrogens is 220 g/mol. The summed E-state index contributed by atoms with van der Waals surface area (Å²) in [7, 11) is 0. The predicted octanol–water partition coefficient (Wildman–Crippen LogP) is 3.41. The fourth-order valence-electron chi connectivity index (χ4n) is 1.95. The maximum Gasteiger partial charge on any atom is 0.307 e. The highest BCUT2D eigenvalue weighted by Crippen LogP contribution is 2.45. The van der Waals surface area contributed by atoms with E-state index in [4.69, 9.17) is 5.11 Å². The average molecular weight is 232 g/mol. The fourth-order valence-corrected chi connectivity index (χ4v) is 3.25.